The van der Waals surface area contributed by atoms with Crippen molar-refractivity contribution in [3.05, 3.63) is 18.0 Å². The van der Waals surface area contributed by atoms with Gasteiger partial charge in [0.2, 0.25) is 10.0 Å². The van der Waals surface area contributed by atoms with Crippen molar-refractivity contribution in [3.63, 3.8) is 0 Å². The lowest BCUT2D eigenvalue weighted by molar-refractivity contribution is 0.291. The highest BCUT2D eigenvalue weighted by Crippen LogP contribution is 2.34. The number of aromatic nitrogens is 1. The summed E-state index contributed by atoms with van der Waals surface area (Å²) in [4.78, 5) is 0.410. The summed E-state index contributed by atoms with van der Waals surface area (Å²) in [6.45, 7) is 8.38. The maximum absolute atomic E-state index is 12.8. The van der Waals surface area contributed by atoms with E-state index in [1.165, 1.54) is 0 Å². The molecule has 0 aromatic carbocycles. The van der Waals surface area contributed by atoms with E-state index in [-0.39, 0.29) is 5.54 Å². The van der Waals surface area contributed by atoms with Gasteiger partial charge in [-0.3, -0.25) is 0 Å². The fourth-order valence-corrected chi connectivity index (χ4v) is 4.88. The van der Waals surface area contributed by atoms with Crippen LogP contribution in [-0.4, -0.2) is 35.9 Å². The van der Waals surface area contributed by atoms with E-state index in [1.54, 1.807) is 16.6 Å². The Hall–Kier alpha value is -0.850. The van der Waals surface area contributed by atoms with Gasteiger partial charge in [0.05, 0.1) is 0 Å². The molecule has 1 aromatic heterocycles. The Morgan fingerprint density at radius 2 is 2.10 bits per heavy atom. The maximum Gasteiger partial charge on any atom is 0.245 e. The third-order valence-corrected chi connectivity index (χ3v) is 6.30. The molecule has 0 atom stereocenters. The van der Waals surface area contributed by atoms with Gasteiger partial charge in [0.1, 0.15) is 4.90 Å². The molecule has 21 heavy (non-hydrogen) atoms. The second-order valence-corrected chi connectivity index (χ2v) is 8.31. The Balaban J connectivity index is 2.23. The first-order valence-electron chi connectivity index (χ1n) is 7.68. The topological polar surface area (TPSA) is 54.3 Å². The molecule has 1 aliphatic heterocycles. The number of nitrogens with zero attached hydrogens (tertiary/aromatic N) is 2. The Bertz CT molecular complexity index is 590. The summed E-state index contributed by atoms with van der Waals surface area (Å²) in [7, 11) is -1.49. The number of hydrogen-bond donors (Lipinski definition) is 1. The van der Waals surface area contributed by atoms with E-state index in [1.807, 2.05) is 25.5 Å². The summed E-state index contributed by atoms with van der Waals surface area (Å²) in [6, 6.07) is 1.80. The molecule has 5 nitrogen and oxygen atoms in total. The zero-order valence-corrected chi connectivity index (χ0v) is 14.3. The predicted octanol–water partition coefficient (Wildman–Crippen LogP) is 2.09. The van der Waals surface area contributed by atoms with Gasteiger partial charge in [0.15, 0.2) is 0 Å². The van der Waals surface area contributed by atoms with Gasteiger partial charge in [-0.1, -0.05) is 6.92 Å². The van der Waals surface area contributed by atoms with Gasteiger partial charge in [0, 0.05) is 37.6 Å². The number of aryl methyl sites for hydroxylation is 1. The molecule has 1 fully saturated rings. The van der Waals surface area contributed by atoms with E-state index >= 15 is 0 Å². The molecule has 1 N–H and O–H groups in total. The normalized spacial score (nSPS) is 19.2. The molecule has 0 aliphatic carbocycles. The Morgan fingerprint density at radius 3 is 2.67 bits per heavy atom. The largest absolute Gasteiger partial charge is 0.352 e. The molecule has 1 saturated heterocycles. The molecule has 0 bridgehead atoms. The van der Waals surface area contributed by atoms with E-state index in [2.05, 4.69) is 12.2 Å². The number of sulfonamides is 1. The zero-order chi connectivity index (χ0) is 15.7. The van der Waals surface area contributed by atoms with Gasteiger partial charge >= 0.3 is 0 Å². The van der Waals surface area contributed by atoms with Crippen molar-refractivity contribution in [1.82, 2.24) is 14.2 Å². The SMILES string of the molecule is CCCNCc1cc(S(=O)(=O)N2CCCC2(C)C)cn1C. The lowest BCUT2D eigenvalue weighted by atomic mass is 10.0. The lowest BCUT2D eigenvalue weighted by Gasteiger charge is -2.30. The number of rotatable bonds is 6. The highest BCUT2D eigenvalue weighted by molar-refractivity contribution is 7.89. The molecule has 120 valence electrons. The summed E-state index contributed by atoms with van der Waals surface area (Å²) in [5.74, 6) is 0. The fraction of sp³-hybridized carbons (Fsp3) is 0.733. The van der Waals surface area contributed by atoms with Gasteiger partial charge < -0.3 is 9.88 Å². The minimum atomic E-state index is -3.39. The van der Waals surface area contributed by atoms with Crippen LogP contribution in [0.3, 0.4) is 0 Å². The number of nitrogens with one attached hydrogen (secondary N) is 1. The van der Waals surface area contributed by atoms with Crippen molar-refractivity contribution < 1.29 is 8.42 Å². The van der Waals surface area contributed by atoms with Gasteiger partial charge in [-0.15, -0.1) is 0 Å². The molecular formula is C15H27N3O2S. The van der Waals surface area contributed by atoms with E-state index in [4.69, 9.17) is 0 Å². The van der Waals surface area contributed by atoms with Gasteiger partial charge in [-0.05, 0) is 45.7 Å². The van der Waals surface area contributed by atoms with Crippen LogP contribution in [0, 0.1) is 0 Å². The van der Waals surface area contributed by atoms with Gasteiger partial charge in [-0.25, -0.2) is 8.42 Å². The fourth-order valence-electron chi connectivity index (χ4n) is 2.94. The average Bonchev–Trinajstić information content (AvgIpc) is 2.93. The first-order chi connectivity index (χ1) is 9.79. The Kier molecular flexibility index (Phi) is 4.80. The molecule has 0 spiro atoms. The molecule has 1 aliphatic rings. The summed E-state index contributed by atoms with van der Waals surface area (Å²) in [5.41, 5.74) is 0.717. The van der Waals surface area contributed by atoms with Crippen LogP contribution in [-0.2, 0) is 23.6 Å². The lowest BCUT2D eigenvalue weighted by Crippen LogP contribution is -2.42. The molecule has 1 aromatic rings. The molecule has 0 saturated carbocycles. The summed E-state index contributed by atoms with van der Waals surface area (Å²) in [5, 5.41) is 3.31. The monoisotopic (exact) mass is 313 g/mol. The third-order valence-electron chi connectivity index (χ3n) is 4.23. The first-order valence-corrected chi connectivity index (χ1v) is 9.12. The van der Waals surface area contributed by atoms with Gasteiger partial charge in [0.25, 0.3) is 0 Å². The van der Waals surface area contributed by atoms with Crippen LogP contribution >= 0.6 is 0 Å². The molecule has 0 unspecified atom stereocenters. The zero-order valence-electron chi connectivity index (χ0n) is 13.5. The highest BCUT2D eigenvalue weighted by Gasteiger charge is 2.41. The van der Waals surface area contributed by atoms with Crippen LogP contribution in [0.1, 0.15) is 45.7 Å². The number of hydrogen-bond acceptors (Lipinski definition) is 3. The van der Waals surface area contributed by atoms with Crippen LogP contribution in [0.2, 0.25) is 0 Å². The van der Waals surface area contributed by atoms with Crippen LogP contribution < -0.4 is 5.32 Å². The molecule has 6 heteroatoms. The molecule has 0 amide bonds. The second-order valence-electron chi connectivity index (χ2n) is 6.45. The van der Waals surface area contributed by atoms with Crippen molar-refractivity contribution >= 4 is 10.0 Å². The summed E-state index contributed by atoms with van der Waals surface area (Å²) >= 11 is 0. The molecule has 2 rings (SSSR count). The minimum Gasteiger partial charge on any atom is -0.352 e. The van der Waals surface area contributed by atoms with Crippen LogP contribution in [0.5, 0.6) is 0 Å². The second kappa shape index (κ2) is 6.10. The third kappa shape index (κ3) is 3.33. The first kappa shape index (κ1) is 16.5. The smallest absolute Gasteiger partial charge is 0.245 e. The maximum atomic E-state index is 12.8. The molecule has 0 radical (unpaired) electrons. The van der Waals surface area contributed by atoms with E-state index < -0.39 is 10.0 Å². The van der Waals surface area contributed by atoms with E-state index in [0.29, 0.717) is 18.0 Å². The van der Waals surface area contributed by atoms with Crippen LogP contribution in [0.15, 0.2) is 17.2 Å². The minimum absolute atomic E-state index is 0.282. The Morgan fingerprint density at radius 1 is 1.38 bits per heavy atom. The standard InChI is InChI=1S/C15H27N3O2S/c1-5-8-16-11-13-10-14(12-17(13)4)21(19,20)18-9-6-7-15(18,2)3/h10,12,16H,5-9,11H2,1-4H3. The van der Waals surface area contributed by atoms with E-state index in [9.17, 15) is 8.42 Å². The average molecular weight is 313 g/mol. The quantitative estimate of drug-likeness (QED) is 0.818. The van der Waals surface area contributed by atoms with Gasteiger partial charge in [-0.2, -0.15) is 4.31 Å². The Labute approximate surface area is 128 Å². The predicted molar refractivity (Wildman–Crippen MR) is 84.6 cm³/mol. The van der Waals surface area contributed by atoms with Crippen molar-refractivity contribution in [1.29, 1.82) is 0 Å². The van der Waals surface area contributed by atoms with Crippen LogP contribution in [0.25, 0.3) is 0 Å². The highest BCUT2D eigenvalue weighted by atomic mass is 32.2. The van der Waals surface area contributed by atoms with Crippen molar-refractivity contribution in [2.75, 3.05) is 13.1 Å². The summed E-state index contributed by atoms with van der Waals surface area (Å²) in [6.07, 6.45) is 4.65. The van der Waals surface area contributed by atoms with Crippen molar-refractivity contribution in [2.24, 2.45) is 7.05 Å². The van der Waals surface area contributed by atoms with Crippen molar-refractivity contribution in [3.8, 4) is 0 Å². The molecule has 2 heterocycles. The van der Waals surface area contributed by atoms with E-state index in [0.717, 1.165) is 31.5 Å². The summed E-state index contributed by atoms with van der Waals surface area (Å²) < 4.78 is 29.2. The molecular weight excluding hydrogens is 286 g/mol. The van der Waals surface area contributed by atoms with Crippen molar-refractivity contribution in [2.45, 2.75) is 57.0 Å². The van der Waals surface area contributed by atoms with Crippen LogP contribution in [0.4, 0.5) is 0 Å².